The van der Waals surface area contributed by atoms with E-state index in [0.717, 1.165) is 0 Å². The van der Waals surface area contributed by atoms with Crippen molar-refractivity contribution in [2.24, 2.45) is 5.34 Å². The van der Waals surface area contributed by atoms with E-state index in [-0.39, 0.29) is 0 Å². The molecule has 0 spiro atoms. The fourth-order valence-electron chi connectivity index (χ4n) is 0. The van der Waals surface area contributed by atoms with Crippen LogP contribution in [-0.4, -0.2) is 5.21 Å². The number of rotatable bonds is 0. The SMILES string of the molecule is O=NO.[O]=[Pt]=[O]. The molecule has 0 aromatic carbocycles. The van der Waals surface area contributed by atoms with Gasteiger partial charge in [0.05, 0.1) is 0 Å². The zero-order chi connectivity index (χ0) is 5.41. The molecule has 0 atom stereocenters. The van der Waals surface area contributed by atoms with Crippen LogP contribution in [0.3, 0.4) is 0 Å². The third-order valence-corrected chi connectivity index (χ3v) is 0. The van der Waals surface area contributed by atoms with Gasteiger partial charge >= 0.3 is 25.3 Å². The Morgan fingerprint density at radius 2 is 1.50 bits per heavy atom. The summed E-state index contributed by atoms with van der Waals surface area (Å²) in [5.41, 5.74) is 0. The van der Waals surface area contributed by atoms with Gasteiger partial charge in [-0.05, 0) is 0 Å². The van der Waals surface area contributed by atoms with Gasteiger partial charge in [-0.2, -0.15) is 0 Å². The van der Waals surface area contributed by atoms with Crippen LogP contribution in [-0.2, 0) is 25.3 Å². The molecule has 0 aliphatic heterocycles. The molecule has 0 rings (SSSR count). The fraction of sp³-hybridized carbons (Fsp3) is 0. The number of hydrogen-bond donors (Lipinski definition) is 1. The molecule has 40 valence electrons. The molecule has 0 aliphatic carbocycles. The van der Waals surface area contributed by atoms with Gasteiger partial charge in [0.25, 0.3) is 0 Å². The van der Waals surface area contributed by atoms with Gasteiger partial charge in [-0.1, -0.05) is 0 Å². The van der Waals surface area contributed by atoms with Crippen LogP contribution in [0.1, 0.15) is 0 Å². The van der Waals surface area contributed by atoms with Crippen LogP contribution in [0.2, 0.25) is 0 Å². The first-order valence-electron chi connectivity index (χ1n) is 0.641. The maximum atomic E-state index is 8.49. The molecular formula is HNO4Pt. The molecule has 0 saturated heterocycles. The molecular weight excluding hydrogens is 273 g/mol. The van der Waals surface area contributed by atoms with Gasteiger partial charge in [-0.3, -0.25) is 0 Å². The molecule has 0 saturated carbocycles. The Bertz CT molecular complexity index is 52.6. The van der Waals surface area contributed by atoms with E-state index in [1.165, 1.54) is 5.34 Å². The van der Waals surface area contributed by atoms with Gasteiger partial charge in [0.1, 0.15) is 0 Å². The van der Waals surface area contributed by atoms with E-state index >= 15 is 0 Å². The van der Waals surface area contributed by atoms with E-state index in [0.29, 0.717) is 0 Å². The molecule has 6 heavy (non-hydrogen) atoms. The van der Waals surface area contributed by atoms with Crippen LogP contribution in [0.4, 0.5) is 0 Å². The Balaban J connectivity index is 0. The van der Waals surface area contributed by atoms with Crippen molar-refractivity contribution in [1.29, 1.82) is 0 Å². The Hall–Kier alpha value is -0.312. The van der Waals surface area contributed by atoms with E-state index < -0.39 is 18.5 Å². The first-order valence-corrected chi connectivity index (χ1v) is 2.50. The summed E-state index contributed by atoms with van der Waals surface area (Å²) in [5, 5.41) is 7.89. The standard InChI is InChI=1S/HNO2.2O.Pt/c2-1-3;;;/h(H,2,3);;;. The molecule has 1 N–H and O–H groups in total. The predicted molar refractivity (Wildman–Crippen MR) is 8.95 cm³/mol. The Morgan fingerprint density at radius 1 is 1.50 bits per heavy atom. The second-order valence-electron chi connectivity index (χ2n) is 0.134. The van der Waals surface area contributed by atoms with E-state index in [9.17, 15) is 0 Å². The summed E-state index contributed by atoms with van der Waals surface area (Å²) in [6.45, 7) is 0. The van der Waals surface area contributed by atoms with Crippen LogP contribution in [0.15, 0.2) is 5.34 Å². The Morgan fingerprint density at radius 3 is 1.50 bits per heavy atom. The van der Waals surface area contributed by atoms with Crippen LogP contribution in [0.5, 0.6) is 0 Å². The summed E-state index contributed by atoms with van der Waals surface area (Å²) < 4.78 is 17.0. The molecule has 0 fully saturated rings. The summed E-state index contributed by atoms with van der Waals surface area (Å²) in [6.07, 6.45) is 0. The van der Waals surface area contributed by atoms with Gasteiger partial charge in [0, 0.05) is 0 Å². The maximum absolute atomic E-state index is 8.49. The Labute approximate surface area is 41.4 Å². The van der Waals surface area contributed by atoms with Crippen molar-refractivity contribution in [2.75, 3.05) is 0 Å². The molecule has 0 radical (unpaired) electrons. The second-order valence-corrected chi connectivity index (χ2v) is 0.513. The monoisotopic (exact) mass is 274 g/mol. The minimum absolute atomic E-state index is 1.25. The van der Waals surface area contributed by atoms with Crippen molar-refractivity contribution in [3.05, 3.63) is 4.91 Å². The quantitative estimate of drug-likeness (QED) is 0.494. The van der Waals surface area contributed by atoms with Gasteiger partial charge < -0.3 is 5.21 Å². The van der Waals surface area contributed by atoms with Gasteiger partial charge in [0.2, 0.25) is 0 Å². The van der Waals surface area contributed by atoms with Crippen LogP contribution >= 0.6 is 0 Å². The van der Waals surface area contributed by atoms with Crippen molar-refractivity contribution < 1.29 is 30.5 Å². The summed E-state index contributed by atoms with van der Waals surface area (Å²) in [4.78, 5) is 8.11. The predicted octanol–water partition coefficient (Wildman–Crippen LogP) is -0.0981. The minimum atomic E-state index is -1.92. The van der Waals surface area contributed by atoms with Crippen LogP contribution in [0, 0.1) is 4.91 Å². The summed E-state index contributed by atoms with van der Waals surface area (Å²) in [5.74, 6) is 0. The Kier molecular flexibility index (Phi) is 34.3. The molecule has 0 aromatic rings. The number of nitrogens with zero attached hydrogens (tertiary/aromatic N) is 1. The topological polar surface area (TPSA) is 83.8 Å². The van der Waals surface area contributed by atoms with Crippen molar-refractivity contribution in [3.8, 4) is 0 Å². The second kappa shape index (κ2) is 22.4. The van der Waals surface area contributed by atoms with Crippen molar-refractivity contribution in [3.63, 3.8) is 0 Å². The zero-order valence-electron chi connectivity index (χ0n) is 2.44. The van der Waals surface area contributed by atoms with Crippen LogP contribution in [0.25, 0.3) is 0 Å². The molecule has 0 bridgehead atoms. The first-order chi connectivity index (χ1) is 2.83. The zero-order valence-corrected chi connectivity index (χ0v) is 4.71. The van der Waals surface area contributed by atoms with E-state index in [1.807, 2.05) is 0 Å². The van der Waals surface area contributed by atoms with Gasteiger partial charge in [-0.15, -0.1) is 4.91 Å². The average molecular weight is 274 g/mol. The molecule has 6 heteroatoms. The van der Waals surface area contributed by atoms with Crippen molar-refractivity contribution >= 4 is 0 Å². The molecule has 0 aliphatic rings. The third kappa shape index (κ3) is 274. The molecule has 0 unspecified atom stereocenters. The van der Waals surface area contributed by atoms with Crippen LogP contribution < -0.4 is 0 Å². The summed E-state index contributed by atoms with van der Waals surface area (Å²) >= 11 is -1.92. The normalized spacial score (nSPS) is 5.33. The third-order valence-electron chi connectivity index (χ3n) is 0. The summed E-state index contributed by atoms with van der Waals surface area (Å²) in [7, 11) is 0. The van der Waals surface area contributed by atoms with Crippen molar-refractivity contribution in [1.82, 2.24) is 0 Å². The van der Waals surface area contributed by atoms with Gasteiger partial charge in [0.15, 0.2) is 5.34 Å². The molecule has 0 aromatic heterocycles. The molecule has 0 amide bonds. The molecule has 5 nitrogen and oxygen atoms in total. The summed E-state index contributed by atoms with van der Waals surface area (Å²) in [6, 6.07) is 0. The van der Waals surface area contributed by atoms with Gasteiger partial charge in [-0.25, -0.2) is 0 Å². The fourth-order valence-corrected chi connectivity index (χ4v) is 0. The number of hydrogen-bond acceptors (Lipinski definition) is 4. The van der Waals surface area contributed by atoms with Crippen molar-refractivity contribution in [2.45, 2.75) is 0 Å². The average Bonchev–Trinajstić information content (AvgIpc) is 1.39. The first kappa shape index (κ1) is 9.19. The van der Waals surface area contributed by atoms with E-state index in [4.69, 9.17) is 16.9 Å². The van der Waals surface area contributed by atoms with E-state index in [1.54, 1.807) is 0 Å². The molecule has 0 heterocycles. The van der Waals surface area contributed by atoms with E-state index in [2.05, 4.69) is 0 Å².